The van der Waals surface area contributed by atoms with Gasteiger partial charge in [-0.25, -0.2) is 4.39 Å². The lowest BCUT2D eigenvalue weighted by Crippen LogP contribution is -1.87. The molecule has 78 valence electrons. The van der Waals surface area contributed by atoms with Gasteiger partial charge in [0.25, 0.3) is 0 Å². The normalized spacial score (nSPS) is 8.86. The van der Waals surface area contributed by atoms with Crippen LogP contribution in [0.3, 0.4) is 0 Å². The van der Waals surface area contributed by atoms with E-state index in [2.05, 4.69) is 23.4 Å². The first-order chi connectivity index (χ1) is 6.54. The minimum Gasteiger partial charge on any atom is -0.506 e. The zero-order valence-electron chi connectivity index (χ0n) is 8.69. The summed E-state index contributed by atoms with van der Waals surface area (Å²) < 4.78 is 12.7. The van der Waals surface area contributed by atoms with E-state index in [1.807, 2.05) is 13.8 Å². The molecule has 0 spiro atoms. The Kier molecular flexibility index (Phi) is 4.63. The van der Waals surface area contributed by atoms with Crippen LogP contribution in [0, 0.1) is 6.92 Å². The number of hydrogen-bond donors (Lipinski definition) is 2. The molecule has 1 aromatic heterocycles. The maximum absolute atomic E-state index is 12.7. The number of rotatable bonds is 2. The highest BCUT2D eigenvalue weighted by atomic mass is 19.1. The lowest BCUT2D eigenvalue weighted by atomic mass is 10.1. The average Bonchev–Trinajstić information content (AvgIpc) is 2.50. The molecule has 0 bridgehead atoms. The standard InChI is InChI=1S/C8H9FN2O.C2H6/c1-4(9)7-5(2)10-11-8(7)6(3)12;1-2/h12H,1,3H2,2H3,(H,10,11);1-2H3. The zero-order valence-corrected chi connectivity index (χ0v) is 8.69. The molecule has 0 amide bonds. The molecule has 2 N–H and O–H groups in total. The molecule has 0 aliphatic rings. The van der Waals surface area contributed by atoms with Crippen molar-refractivity contribution in [3.8, 4) is 0 Å². The molecule has 0 radical (unpaired) electrons. The van der Waals surface area contributed by atoms with Crippen molar-refractivity contribution in [3.05, 3.63) is 30.1 Å². The predicted molar refractivity (Wildman–Crippen MR) is 56.5 cm³/mol. The summed E-state index contributed by atoms with van der Waals surface area (Å²) in [4.78, 5) is 0. The Bertz CT molecular complexity index is 342. The number of halogens is 1. The third kappa shape index (κ3) is 2.45. The molecule has 1 rings (SSSR count). The molecule has 4 heteroatoms. The van der Waals surface area contributed by atoms with Crippen LogP contribution in [-0.2, 0) is 0 Å². The van der Waals surface area contributed by atoms with Crippen molar-refractivity contribution in [2.75, 3.05) is 0 Å². The van der Waals surface area contributed by atoms with Crippen molar-refractivity contribution in [2.45, 2.75) is 20.8 Å². The van der Waals surface area contributed by atoms with Gasteiger partial charge in [0.2, 0.25) is 0 Å². The molecular formula is C10H15FN2O. The van der Waals surface area contributed by atoms with E-state index in [1.54, 1.807) is 6.92 Å². The maximum Gasteiger partial charge on any atom is 0.136 e. The molecule has 14 heavy (non-hydrogen) atoms. The van der Waals surface area contributed by atoms with Crippen LogP contribution in [0.25, 0.3) is 11.6 Å². The summed E-state index contributed by atoms with van der Waals surface area (Å²) >= 11 is 0. The van der Waals surface area contributed by atoms with E-state index in [-0.39, 0.29) is 17.0 Å². The number of aryl methyl sites for hydroxylation is 1. The quantitative estimate of drug-likeness (QED) is 0.717. The summed E-state index contributed by atoms with van der Waals surface area (Å²) in [5.41, 5.74) is 0.815. The van der Waals surface area contributed by atoms with Gasteiger partial charge in [0, 0.05) is 5.69 Å². The molecule has 0 aliphatic heterocycles. The van der Waals surface area contributed by atoms with Crippen molar-refractivity contribution < 1.29 is 9.50 Å². The number of aromatic amines is 1. The summed E-state index contributed by atoms with van der Waals surface area (Å²) in [5, 5.41) is 15.2. The van der Waals surface area contributed by atoms with Gasteiger partial charge in [-0.15, -0.1) is 0 Å². The first kappa shape index (κ1) is 12.4. The molecule has 1 aromatic rings. The van der Waals surface area contributed by atoms with Crippen molar-refractivity contribution in [3.63, 3.8) is 0 Å². The Labute approximate surface area is 83.0 Å². The SMILES string of the molecule is C=C(O)c1n[nH]c(C)c1C(=C)F.CC. The van der Waals surface area contributed by atoms with E-state index in [9.17, 15) is 4.39 Å². The van der Waals surface area contributed by atoms with E-state index in [0.29, 0.717) is 5.69 Å². The third-order valence-corrected chi connectivity index (χ3v) is 1.49. The number of aliphatic hydroxyl groups excluding tert-OH is 1. The highest BCUT2D eigenvalue weighted by Crippen LogP contribution is 2.23. The number of nitrogens with one attached hydrogen (secondary N) is 1. The number of hydrogen-bond acceptors (Lipinski definition) is 2. The molecule has 0 fully saturated rings. The topological polar surface area (TPSA) is 48.9 Å². The third-order valence-electron chi connectivity index (χ3n) is 1.49. The van der Waals surface area contributed by atoms with Crippen LogP contribution in [0.4, 0.5) is 4.39 Å². The number of aromatic nitrogens is 2. The fraction of sp³-hybridized carbons (Fsp3) is 0.300. The van der Waals surface area contributed by atoms with Gasteiger partial charge in [-0.2, -0.15) is 5.10 Å². The van der Waals surface area contributed by atoms with Gasteiger partial charge >= 0.3 is 0 Å². The van der Waals surface area contributed by atoms with Gasteiger partial charge in [-0.3, -0.25) is 5.10 Å². The van der Waals surface area contributed by atoms with Crippen LogP contribution in [-0.4, -0.2) is 15.3 Å². The van der Waals surface area contributed by atoms with Crippen LogP contribution in [0.1, 0.15) is 30.8 Å². The molecule has 0 unspecified atom stereocenters. The van der Waals surface area contributed by atoms with Crippen LogP contribution in [0.15, 0.2) is 13.2 Å². The van der Waals surface area contributed by atoms with Crippen molar-refractivity contribution in [2.24, 2.45) is 0 Å². The van der Waals surface area contributed by atoms with Crippen LogP contribution in [0.2, 0.25) is 0 Å². The van der Waals surface area contributed by atoms with Crippen molar-refractivity contribution in [1.82, 2.24) is 10.2 Å². The van der Waals surface area contributed by atoms with Crippen LogP contribution < -0.4 is 0 Å². The summed E-state index contributed by atoms with van der Waals surface area (Å²) in [5.74, 6) is -0.903. The van der Waals surface area contributed by atoms with Gasteiger partial charge in [-0.05, 0) is 6.92 Å². The van der Waals surface area contributed by atoms with E-state index in [4.69, 9.17) is 5.11 Å². The van der Waals surface area contributed by atoms with Gasteiger partial charge in [0.05, 0.1) is 5.56 Å². The second-order valence-electron chi connectivity index (χ2n) is 2.42. The number of H-pyrrole nitrogens is 1. The largest absolute Gasteiger partial charge is 0.506 e. The van der Waals surface area contributed by atoms with E-state index in [1.165, 1.54) is 0 Å². The average molecular weight is 198 g/mol. The Morgan fingerprint density at radius 1 is 1.43 bits per heavy atom. The second-order valence-corrected chi connectivity index (χ2v) is 2.42. The number of aliphatic hydroxyl groups is 1. The lowest BCUT2D eigenvalue weighted by Gasteiger charge is -1.96. The van der Waals surface area contributed by atoms with Gasteiger partial charge < -0.3 is 5.11 Å². The Hall–Kier alpha value is -1.58. The monoisotopic (exact) mass is 198 g/mol. The lowest BCUT2D eigenvalue weighted by molar-refractivity contribution is 0.509. The van der Waals surface area contributed by atoms with Crippen molar-refractivity contribution in [1.29, 1.82) is 0 Å². The van der Waals surface area contributed by atoms with Gasteiger partial charge in [0.15, 0.2) is 0 Å². The number of nitrogens with zero attached hydrogens (tertiary/aromatic N) is 1. The zero-order chi connectivity index (χ0) is 11.3. The van der Waals surface area contributed by atoms with Gasteiger partial charge in [0.1, 0.15) is 17.3 Å². The van der Waals surface area contributed by atoms with Crippen molar-refractivity contribution >= 4 is 11.6 Å². The second kappa shape index (κ2) is 5.21. The highest BCUT2D eigenvalue weighted by Gasteiger charge is 2.14. The van der Waals surface area contributed by atoms with E-state index in [0.717, 1.165) is 0 Å². The molecular weight excluding hydrogens is 183 g/mol. The predicted octanol–water partition coefficient (Wildman–Crippen LogP) is 3.21. The Morgan fingerprint density at radius 2 is 1.93 bits per heavy atom. The summed E-state index contributed by atoms with van der Waals surface area (Å²) in [6, 6.07) is 0. The fourth-order valence-electron chi connectivity index (χ4n) is 0.970. The Morgan fingerprint density at radius 3 is 2.21 bits per heavy atom. The Balaban J connectivity index is 0.000000791. The molecule has 1 heterocycles. The molecule has 3 nitrogen and oxygen atoms in total. The summed E-state index contributed by atoms with van der Waals surface area (Å²) in [6.45, 7) is 12.0. The first-order valence-electron chi connectivity index (χ1n) is 4.32. The highest BCUT2D eigenvalue weighted by molar-refractivity contribution is 5.71. The molecule has 0 atom stereocenters. The molecule has 0 saturated heterocycles. The summed E-state index contributed by atoms with van der Waals surface area (Å²) in [7, 11) is 0. The molecule has 0 saturated carbocycles. The minimum atomic E-state index is -0.633. The van der Waals surface area contributed by atoms with Crippen LogP contribution >= 0.6 is 0 Å². The fourth-order valence-corrected chi connectivity index (χ4v) is 0.970. The maximum atomic E-state index is 12.7. The molecule has 0 aromatic carbocycles. The summed E-state index contributed by atoms with van der Waals surface area (Å²) in [6.07, 6.45) is 0. The van der Waals surface area contributed by atoms with E-state index >= 15 is 0 Å². The van der Waals surface area contributed by atoms with Crippen LogP contribution in [0.5, 0.6) is 0 Å². The van der Waals surface area contributed by atoms with E-state index < -0.39 is 5.83 Å². The van der Waals surface area contributed by atoms with Gasteiger partial charge in [-0.1, -0.05) is 27.0 Å². The first-order valence-corrected chi connectivity index (χ1v) is 4.32. The molecule has 0 aliphatic carbocycles. The minimum absolute atomic E-state index is 0.111. The smallest absolute Gasteiger partial charge is 0.136 e.